The minimum atomic E-state index is -4.94. The lowest BCUT2D eigenvalue weighted by Crippen LogP contribution is -2.60. The average molecular weight is 487 g/mol. The van der Waals surface area contributed by atoms with E-state index < -0.39 is 35.1 Å². The summed E-state index contributed by atoms with van der Waals surface area (Å²) in [6, 6.07) is 10.0. The number of piperidine rings is 1. The number of carbonyl (C=O) groups is 1. The highest BCUT2D eigenvalue weighted by Crippen LogP contribution is 2.39. The summed E-state index contributed by atoms with van der Waals surface area (Å²) < 4.78 is 85.4. The fourth-order valence-corrected chi connectivity index (χ4v) is 4.47. The van der Waals surface area contributed by atoms with Crippen LogP contribution in [0.3, 0.4) is 0 Å². The molecule has 2 aromatic rings. The number of alkyl halides is 6. The first-order valence-electron chi connectivity index (χ1n) is 10.7. The van der Waals surface area contributed by atoms with Gasteiger partial charge in [0.05, 0.1) is 41.5 Å². The van der Waals surface area contributed by atoms with Gasteiger partial charge in [0.15, 0.2) is 0 Å². The fourth-order valence-electron chi connectivity index (χ4n) is 4.47. The minimum Gasteiger partial charge on any atom is -0.372 e. The molecule has 5 nitrogen and oxygen atoms in total. The van der Waals surface area contributed by atoms with Gasteiger partial charge in [-0.2, -0.15) is 26.3 Å². The Labute approximate surface area is 191 Å². The maximum atomic E-state index is 13.3. The normalized spacial score (nSPS) is 25.9. The molecular formula is C23H23F6N3O2. The number of rotatable bonds is 5. The zero-order valence-corrected chi connectivity index (χ0v) is 18.1. The number of halogens is 6. The molecule has 0 aliphatic carbocycles. The van der Waals surface area contributed by atoms with Crippen LogP contribution in [0, 0.1) is 0 Å². The van der Waals surface area contributed by atoms with Crippen molar-refractivity contribution >= 4 is 6.03 Å². The van der Waals surface area contributed by atoms with Crippen LogP contribution in [0.5, 0.6) is 0 Å². The molecule has 2 heterocycles. The molecule has 2 aliphatic rings. The molecule has 2 amide bonds. The largest absolute Gasteiger partial charge is 0.416 e. The molecule has 34 heavy (non-hydrogen) atoms. The summed E-state index contributed by atoms with van der Waals surface area (Å²) in [5.74, 6) is 0. The van der Waals surface area contributed by atoms with E-state index in [2.05, 4.69) is 16.0 Å². The maximum Gasteiger partial charge on any atom is 0.416 e. The van der Waals surface area contributed by atoms with Gasteiger partial charge in [0.2, 0.25) is 0 Å². The van der Waals surface area contributed by atoms with Crippen molar-refractivity contribution in [2.45, 2.75) is 49.4 Å². The summed E-state index contributed by atoms with van der Waals surface area (Å²) in [5, 5.41) is 9.04. The van der Waals surface area contributed by atoms with E-state index in [1.54, 1.807) is 0 Å². The number of nitrogens with one attached hydrogen (secondary N) is 3. The molecule has 2 saturated heterocycles. The van der Waals surface area contributed by atoms with Crippen LogP contribution < -0.4 is 16.0 Å². The first-order valence-corrected chi connectivity index (χ1v) is 10.7. The van der Waals surface area contributed by atoms with Crippen LogP contribution >= 0.6 is 0 Å². The standard InChI is InChI=1S/C23H23F6N3O2/c1-13(14-7-16(22(24,25)26)9-17(8-14)23(27,28)29)34-12-21(15-5-3-2-4-6-15)10-18-19(11-30-21)32-20(33)31-18/h2-9,13,18-19,30H,10-12H2,1H3,(H2,31,32,33). The van der Waals surface area contributed by atoms with Gasteiger partial charge in [-0.25, -0.2) is 4.79 Å². The predicted octanol–water partition coefficient (Wildman–Crippen LogP) is 4.74. The Morgan fingerprint density at radius 2 is 1.56 bits per heavy atom. The average Bonchev–Trinajstić information content (AvgIpc) is 3.15. The zero-order valence-electron chi connectivity index (χ0n) is 18.1. The number of carbonyl (C=O) groups excluding carboxylic acids is 1. The summed E-state index contributed by atoms with van der Waals surface area (Å²) in [6.07, 6.45) is -10.5. The first kappa shape index (κ1) is 24.3. The Bertz CT molecular complexity index is 1010. The van der Waals surface area contributed by atoms with E-state index in [1.165, 1.54) is 6.92 Å². The highest BCUT2D eigenvalue weighted by molar-refractivity contribution is 5.77. The van der Waals surface area contributed by atoms with Crippen molar-refractivity contribution in [2.75, 3.05) is 13.2 Å². The number of amides is 2. The van der Waals surface area contributed by atoms with Crippen molar-refractivity contribution in [1.82, 2.24) is 16.0 Å². The molecular weight excluding hydrogens is 464 g/mol. The third kappa shape index (κ3) is 5.00. The van der Waals surface area contributed by atoms with E-state index in [0.717, 1.165) is 5.56 Å². The minimum absolute atomic E-state index is 0.0329. The van der Waals surface area contributed by atoms with Crippen LogP contribution in [0.2, 0.25) is 0 Å². The van der Waals surface area contributed by atoms with Crippen molar-refractivity contribution in [3.05, 3.63) is 70.8 Å². The van der Waals surface area contributed by atoms with Crippen molar-refractivity contribution < 1.29 is 35.9 Å². The maximum absolute atomic E-state index is 13.3. The van der Waals surface area contributed by atoms with Crippen molar-refractivity contribution in [1.29, 1.82) is 0 Å². The molecule has 4 atom stereocenters. The summed E-state index contributed by atoms with van der Waals surface area (Å²) in [6.45, 7) is 1.80. The predicted molar refractivity (Wildman–Crippen MR) is 111 cm³/mol. The summed E-state index contributed by atoms with van der Waals surface area (Å²) in [5.41, 5.74) is -2.96. The van der Waals surface area contributed by atoms with Crippen LogP contribution in [-0.4, -0.2) is 31.3 Å². The molecule has 184 valence electrons. The van der Waals surface area contributed by atoms with E-state index in [4.69, 9.17) is 4.74 Å². The lowest BCUT2D eigenvalue weighted by molar-refractivity contribution is -0.143. The number of ether oxygens (including phenoxy) is 1. The zero-order chi connectivity index (χ0) is 24.7. The second kappa shape index (κ2) is 8.77. The van der Waals surface area contributed by atoms with Gasteiger partial charge in [-0.3, -0.25) is 0 Å². The van der Waals surface area contributed by atoms with Crippen LogP contribution in [0.15, 0.2) is 48.5 Å². The molecule has 4 unspecified atom stereocenters. The van der Waals surface area contributed by atoms with E-state index in [-0.39, 0.29) is 36.4 Å². The number of urea groups is 1. The van der Waals surface area contributed by atoms with Crippen LogP contribution in [0.1, 0.15) is 41.7 Å². The molecule has 0 saturated carbocycles. The quantitative estimate of drug-likeness (QED) is 0.534. The number of benzene rings is 2. The topological polar surface area (TPSA) is 62.4 Å². The number of fused-ring (bicyclic) bond motifs is 1. The van der Waals surface area contributed by atoms with Crippen LogP contribution in [-0.2, 0) is 22.6 Å². The fraction of sp³-hybridized carbons (Fsp3) is 0.435. The highest BCUT2D eigenvalue weighted by Gasteiger charge is 2.46. The lowest BCUT2D eigenvalue weighted by Gasteiger charge is -2.43. The number of hydrogen-bond acceptors (Lipinski definition) is 3. The lowest BCUT2D eigenvalue weighted by atomic mass is 9.79. The second-order valence-corrected chi connectivity index (χ2v) is 8.66. The second-order valence-electron chi connectivity index (χ2n) is 8.66. The van der Waals surface area contributed by atoms with Gasteiger partial charge in [-0.1, -0.05) is 30.3 Å². The van der Waals surface area contributed by atoms with Crippen molar-refractivity contribution in [2.24, 2.45) is 0 Å². The first-order chi connectivity index (χ1) is 15.9. The molecule has 2 aliphatic heterocycles. The molecule has 0 aromatic heterocycles. The molecule has 0 bridgehead atoms. The van der Waals surface area contributed by atoms with Gasteiger partial charge in [-0.15, -0.1) is 0 Å². The Kier molecular flexibility index (Phi) is 6.28. The van der Waals surface area contributed by atoms with Gasteiger partial charge >= 0.3 is 18.4 Å². The Hall–Kier alpha value is -2.79. The smallest absolute Gasteiger partial charge is 0.372 e. The molecule has 4 rings (SSSR count). The van der Waals surface area contributed by atoms with Crippen LogP contribution in [0.4, 0.5) is 31.1 Å². The van der Waals surface area contributed by atoms with Gasteiger partial charge in [0.25, 0.3) is 0 Å². The molecule has 2 aromatic carbocycles. The summed E-state index contributed by atoms with van der Waals surface area (Å²) in [4.78, 5) is 11.8. The third-order valence-electron chi connectivity index (χ3n) is 6.33. The third-order valence-corrected chi connectivity index (χ3v) is 6.33. The highest BCUT2D eigenvalue weighted by atomic mass is 19.4. The van der Waals surface area contributed by atoms with Crippen molar-refractivity contribution in [3.8, 4) is 0 Å². The molecule has 0 radical (unpaired) electrons. The van der Waals surface area contributed by atoms with Gasteiger partial charge in [0, 0.05) is 6.54 Å². The van der Waals surface area contributed by atoms with Crippen LogP contribution in [0.25, 0.3) is 0 Å². The van der Waals surface area contributed by atoms with E-state index in [1.807, 2.05) is 30.3 Å². The molecule has 0 spiro atoms. The van der Waals surface area contributed by atoms with E-state index >= 15 is 0 Å². The van der Waals surface area contributed by atoms with Crippen molar-refractivity contribution in [3.63, 3.8) is 0 Å². The molecule has 11 heteroatoms. The van der Waals surface area contributed by atoms with Gasteiger partial charge in [-0.05, 0) is 42.7 Å². The van der Waals surface area contributed by atoms with Gasteiger partial charge < -0.3 is 20.7 Å². The Morgan fingerprint density at radius 1 is 0.971 bits per heavy atom. The molecule has 2 fully saturated rings. The SMILES string of the molecule is CC(OCC1(c2ccccc2)CC2NC(=O)NC2CN1)c1cc(C(F)(F)F)cc(C(F)(F)F)c1. The van der Waals surface area contributed by atoms with Gasteiger partial charge in [0.1, 0.15) is 0 Å². The monoisotopic (exact) mass is 487 g/mol. The number of hydrogen-bond donors (Lipinski definition) is 3. The summed E-state index contributed by atoms with van der Waals surface area (Å²) in [7, 11) is 0. The molecule has 3 N–H and O–H groups in total. The summed E-state index contributed by atoms with van der Waals surface area (Å²) >= 11 is 0. The Balaban J connectivity index is 1.61. The van der Waals surface area contributed by atoms with E-state index in [0.29, 0.717) is 25.1 Å². The van der Waals surface area contributed by atoms with E-state index in [9.17, 15) is 31.1 Å². The Morgan fingerprint density at radius 3 is 2.15 bits per heavy atom.